The van der Waals surface area contributed by atoms with Crippen LogP contribution < -0.4 is 5.32 Å². The number of hydrogen-bond acceptors (Lipinski definition) is 3. The van der Waals surface area contributed by atoms with Gasteiger partial charge >= 0.3 is 0 Å². The fourth-order valence-electron chi connectivity index (χ4n) is 3.69. The minimum atomic E-state index is 0.463. The van der Waals surface area contributed by atoms with E-state index >= 15 is 0 Å². The third-order valence-corrected chi connectivity index (χ3v) is 6.94. The zero-order chi connectivity index (χ0) is 15.3. The van der Waals surface area contributed by atoms with E-state index in [2.05, 4.69) is 44.8 Å². The van der Waals surface area contributed by atoms with Crippen LogP contribution in [0.5, 0.6) is 0 Å². The van der Waals surface area contributed by atoms with Crippen LogP contribution in [0.25, 0.3) is 0 Å². The predicted octanol–water partition coefficient (Wildman–Crippen LogP) is 4.48. The standard InChI is InChI=1S/C18H35NOS/c1-5-10-19-16-7-6-14(18(2,3)4)13-17(16)21-15-8-11-20-12-9-15/h14-17,19H,5-13H2,1-4H3. The lowest BCUT2D eigenvalue weighted by atomic mass is 9.71. The Balaban J connectivity index is 1.94. The number of ether oxygens (including phenoxy) is 1. The number of thioether (sulfide) groups is 1. The highest BCUT2D eigenvalue weighted by Crippen LogP contribution is 2.43. The number of rotatable bonds is 5. The second kappa shape index (κ2) is 8.21. The molecule has 3 heteroatoms. The second-order valence-electron chi connectivity index (χ2n) is 7.92. The van der Waals surface area contributed by atoms with E-state index in [4.69, 9.17) is 4.74 Å². The molecule has 0 amide bonds. The monoisotopic (exact) mass is 313 g/mol. The summed E-state index contributed by atoms with van der Waals surface area (Å²) in [4.78, 5) is 0. The number of hydrogen-bond donors (Lipinski definition) is 1. The molecule has 1 aliphatic heterocycles. The fourth-order valence-corrected chi connectivity index (χ4v) is 5.41. The lowest BCUT2D eigenvalue weighted by Gasteiger charge is -2.43. The minimum Gasteiger partial charge on any atom is -0.381 e. The summed E-state index contributed by atoms with van der Waals surface area (Å²) in [5.74, 6) is 0.884. The van der Waals surface area contributed by atoms with Crippen LogP contribution in [0.2, 0.25) is 0 Å². The highest BCUT2D eigenvalue weighted by molar-refractivity contribution is 8.00. The molecule has 3 atom stereocenters. The van der Waals surface area contributed by atoms with Crippen molar-refractivity contribution < 1.29 is 4.74 Å². The first-order chi connectivity index (χ1) is 10.0. The minimum absolute atomic E-state index is 0.463. The largest absolute Gasteiger partial charge is 0.381 e. The van der Waals surface area contributed by atoms with Crippen LogP contribution in [0.15, 0.2) is 0 Å². The Kier molecular flexibility index (Phi) is 6.89. The van der Waals surface area contributed by atoms with Crippen LogP contribution in [0.1, 0.15) is 66.2 Å². The van der Waals surface area contributed by atoms with Crippen molar-refractivity contribution >= 4 is 11.8 Å². The Morgan fingerprint density at radius 2 is 1.81 bits per heavy atom. The Morgan fingerprint density at radius 3 is 2.43 bits per heavy atom. The average molecular weight is 314 g/mol. The van der Waals surface area contributed by atoms with Gasteiger partial charge in [0, 0.05) is 29.8 Å². The molecule has 0 spiro atoms. The first-order valence-electron chi connectivity index (χ1n) is 8.97. The van der Waals surface area contributed by atoms with Gasteiger partial charge in [-0.15, -0.1) is 0 Å². The zero-order valence-electron chi connectivity index (χ0n) is 14.5. The molecule has 1 saturated heterocycles. The summed E-state index contributed by atoms with van der Waals surface area (Å²) in [6.45, 7) is 12.7. The summed E-state index contributed by atoms with van der Waals surface area (Å²) >= 11 is 2.28. The van der Waals surface area contributed by atoms with Crippen molar-refractivity contribution in [2.24, 2.45) is 11.3 Å². The van der Waals surface area contributed by atoms with Gasteiger partial charge in [-0.2, -0.15) is 11.8 Å². The van der Waals surface area contributed by atoms with Gasteiger partial charge in [0.25, 0.3) is 0 Å². The lowest BCUT2D eigenvalue weighted by Crippen LogP contribution is -2.46. The SMILES string of the molecule is CCCNC1CCC(C(C)(C)C)CC1SC1CCOCC1. The molecule has 2 aliphatic rings. The van der Waals surface area contributed by atoms with Gasteiger partial charge < -0.3 is 10.1 Å². The fraction of sp³-hybridized carbons (Fsp3) is 1.00. The van der Waals surface area contributed by atoms with E-state index in [1.807, 2.05) is 0 Å². The molecule has 3 unspecified atom stereocenters. The van der Waals surface area contributed by atoms with Gasteiger partial charge in [0.2, 0.25) is 0 Å². The Hall–Kier alpha value is 0.270. The maximum absolute atomic E-state index is 5.53. The van der Waals surface area contributed by atoms with Crippen molar-refractivity contribution in [2.45, 2.75) is 82.8 Å². The van der Waals surface area contributed by atoms with Gasteiger partial charge in [0.15, 0.2) is 0 Å². The van der Waals surface area contributed by atoms with Crippen molar-refractivity contribution in [3.63, 3.8) is 0 Å². The molecule has 0 bridgehead atoms. The van der Waals surface area contributed by atoms with Crippen molar-refractivity contribution in [3.05, 3.63) is 0 Å². The smallest absolute Gasteiger partial charge is 0.0476 e. The van der Waals surface area contributed by atoms with Gasteiger partial charge in [-0.05, 0) is 56.4 Å². The molecule has 1 saturated carbocycles. The molecular formula is C18H35NOS. The molecule has 2 nitrogen and oxygen atoms in total. The molecule has 0 radical (unpaired) electrons. The van der Waals surface area contributed by atoms with Crippen LogP contribution in [0, 0.1) is 11.3 Å². The van der Waals surface area contributed by atoms with Gasteiger partial charge in [0.1, 0.15) is 0 Å². The normalized spacial score (nSPS) is 32.3. The maximum Gasteiger partial charge on any atom is 0.0476 e. The predicted molar refractivity (Wildman–Crippen MR) is 94.1 cm³/mol. The van der Waals surface area contributed by atoms with Crippen LogP contribution in [0.4, 0.5) is 0 Å². The molecule has 0 aromatic rings. The molecule has 0 aromatic carbocycles. The molecule has 1 N–H and O–H groups in total. The van der Waals surface area contributed by atoms with Crippen molar-refractivity contribution in [3.8, 4) is 0 Å². The molecule has 2 fully saturated rings. The second-order valence-corrected chi connectivity index (χ2v) is 9.47. The van der Waals surface area contributed by atoms with Gasteiger partial charge in [-0.3, -0.25) is 0 Å². The van der Waals surface area contributed by atoms with Crippen molar-refractivity contribution in [2.75, 3.05) is 19.8 Å². The molecule has 1 heterocycles. The van der Waals surface area contributed by atoms with Crippen LogP contribution in [0.3, 0.4) is 0 Å². The Labute approximate surface area is 136 Å². The summed E-state index contributed by atoms with van der Waals surface area (Å²) in [7, 11) is 0. The van der Waals surface area contributed by atoms with Gasteiger partial charge in [-0.1, -0.05) is 27.7 Å². The highest BCUT2D eigenvalue weighted by atomic mass is 32.2. The summed E-state index contributed by atoms with van der Waals surface area (Å²) in [5, 5.41) is 5.46. The van der Waals surface area contributed by atoms with Crippen LogP contribution in [-0.2, 0) is 4.74 Å². The first-order valence-corrected chi connectivity index (χ1v) is 9.91. The summed E-state index contributed by atoms with van der Waals surface area (Å²) in [6.07, 6.45) is 7.91. The van der Waals surface area contributed by atoms with Crippen LogP contribution >= 0.6 is 11.8 Å². The van der Waals surface area contributed by atoms with Gasteiger partial charge in [0.05, 0.1) is 0 Å². The average Bonchev–Trinajstić information content (AvgIpc) is 2.46. The Bertz CT molecular complexity index is 296. The summed E-state index contributed by atoms with van der Waals surface area (Å²) in [5.41, 5.74) is 0.463. The molecule has 2 rings (SSSR count). The molecule has 124 valence electrons. The van der Waals surface area contributed by atoms with Crippen LogP contribution in [-0.4, -0.2) is 36.3 Å². The van der Waals surface area contributed by atoms with E-state index in [9.17, 15) is 0 Å². The molecule has 21 heavy (non-hydrogen) atoms. The third-order valence-electron chi connectivity index (χ3n) is 5.21. The summed E-state index contributed by atoms with van der Waals surface area (Å²) < 4.78 is 5.53. The van der Waals surface area contributed by atoms with E-state index in [0.717, 1.165) is 35.7 Å². The van der Waals surface area contributed by atoms with E-state index in [0.29, 0.717) is 5.41 Å². The first kappa shape index (κ1) is 17.6. The molecule has 1 aliphatic carbocycles. The van der Waals surface area contributed by atoms with E-state index in [-0.39, 0.29) is 0 Å². The maximum atomic E-state index is 5.53. The topological polar surface area (TPSA) is 21.3 Å². The molecule has 0 aromatic heterocycles. The quantitative estimate of drug-likeness (QED) is 0.808. The zero-order valence-corrected chi connectivity index (χ0v) is 15.3. The lowest BCUT2D eigenvalue weighted by molar-refractivity contribution is 0.0995. The van der Waals surface area contributed by atoms with E-state index in [1.165, 1.54) is 45.1 Å². The van der Waals surface area contributed by atoms with E-state index in [1.54, 1.807) is 0 Å². The third kappa shape index (κ3) is 5.44. The van der Waals surface area contributed by atoms with Crippen molar-refractivity contribution in [1.29, 1.82) is 0 Å². The Morgan fingerprint density at radius 1 is 1.10 bits per heavy atom. The highest BCUT2D eigenvalue weighted by Gasteiger charge is 2.37. The van der Waals surface area contributed by atoms with E-state index < -0.39 is 0 Å². The van der Waals surface area contributed by atoms with Gasteiger partial charge in [-0.25, -0.2) is 0 Å². The van der Waals surface area contributed by atoms with Crippen molar-refractivity contribution in [1.82, 2.24) is 5.32 Å². The molecular weight excluding hydrogens is 278 g/mol. The summed E-state index contributed by atoms with van der Waals surface area (Å²) in [6, 6.07) is 0.733. The number of nitrogens with one attached hydrogen (secondary N) is 1.